The van der Waals surface area contributed by atoms with Gasteiger partial charge in [-0.05, 0) is 38.1 Å². The quantitative estimate of drug-likeness (QED) is 0.138. The number of hydrogen-bond acceptors (Lipinski definition) is 7. The number of carbonyl (C=O) groups is 5. The van der Waals surface area contributed by atoms with Crippen LogP contribution >= 0.6 is 0 Å². The lowest BCUT2D eigenvalue weighted by Gasteiger charge is -2.24. The smallest absolute Gasteiger partial charge is 0.326 e. The Morgan fingerprint density at radius 2 is 1.61 bits per heavy atom. The average molecular weight is 446 g/mol. The largest absolute Gasteiger partial charge is 0.481 e. The molecule has 4 unspecified atom stereocenters. The van der Waals surface area contributed by atoms with Gasteiger partial charge < -0.3 is 37.6 Å². The van der Waals surface area contributed by atoms with Gasteiger partial charge in [0, 0.05) is 6.42 Å². The highest BCUT2D eigenvalue weighted by molar-refractivity contribution is 5.92. The fraction of sp³-hybridized carbons (Fsp3) is 0.737. The minimum Gasteiger partial charge on any atom is -0.481 e. The van der Waals surface area contributed by atoms with Crippen molar-refractivity contribution >= 4 is 29.7 Å². The van der Waals surface area contributed by atoms with E-state index in [1.807, 2.05) is 0 Å². The van der Waals surface area contributed by atoms with Crippen LogP contribution in [0.4, 0.5) is 0 Å². The molecule has 0 aliphatic carbocycles. The number of amides is 3. The van der Waals surface area contributed by atoms with Crippen molar-refractivity contribution in [2.75, 3.05) is 13.1 Å². The molecule has 4 atom stereocenters. The first-order valence-electron chi connectivity index (χ1n) is 10.3. The number of nitrogens with two attached hydrogens (primary N) is 2. The Morgan fingerprint density at radius 1 is 0.968 bits per heavy atom. The number of carboxylic acid groups (broad SMARTS) is 2. The summed E-state index contributed by atoms with van der Waals surface area (Å²) in [5.74, 6) is -4.57. The standard InChI is InChI=1S/C19H35N5O7/c1-3-11(2)16(19(30)31)24-18(29)13(6-4-5-9-20)23-14(25)10-22-17(28)12(21)7-8-15(26)27/h11-13,16H,3-10,20-21H2,1-2H3,(H,22,28)(H,23,25)(H,24,29)(H,26,27)(H,30,31). The number of aliphatic carboxylic acids is 2. The monoisotopic (exact) mass is 445 g/mol. The number of hydrogen-bond donors (Lipinski definition) is 7. The zero-order valence-electron chi connectivity index (χ0n) is 18.1. The molecule has 31 heavy (non-hydrogen) atoms. The molecule has 0 aromatic rings. The lowest BCUT2D eigenvalue weighted by molar-refractivity contribution is -0.144. The molecule has 9 N–H and O–H groups in total. The molecule has 0 spiro atoms. The topological polar surface area (TPSA) is 214 Å². The van der Waals surface area contributed by atoms with Crippen LogP contribution in [0.3, 0.4) is 0 Å². The minimum absolute atomic E-state index is 0.0842. The second kappa shape index (κ2) is 15.1. The third-order valence-electron chi connectivity index (χ3n) is 4.80. The molecule has 3 amide bonds. The van der Waals surface area contributed by atoms with Crippen LogP contribution in [-0.2, 0) is 24.0 Å². The molecule has 0 aliphatic rings. The average Bonchev–Trinajstić information content (AvgIpc) is 2.72. The fourth-order valence-electron chi connectivity index (χ4n) is 2.65. The molecule has 0 aromatic heterocycles. The first kappa shape index (κ1) is 28.3. The van der Waals surface area contributed by atoms with Crippen LogP contribution < -0.4 is 27.4 Å². The highest BCUT2D eigenvalue weighted by Crippen LogP contribution is 2.09. The zero-order chi connectivity index (χ0) is 24.0. The molecular weight excluding hydrogens is 410 g/mol. The van der Waals surface area contributed by atoms with Gasteiger partial charge in [-0.3, -0.25) is 19.2 Å². The molecule has 0 saturated heterocycles. The summed E-state index contributed by atoms with van der Waals surface area (Å²) >= 11 is 0. The zero-order valence-corrected chi connectivity index (χ0v) is 18.1. The van der Waals surface area contributed by atoms with E-state index in [0.717, 1.165) is 0 Å². The number of carboxylic acids is 2. The van der Waals surface area contributed by atoms with Crippen LogP contribution in [0.15, 0.2) is 0 Å². The highest BCUT2D eigenvalue weighted by atomic mass is 16.4. The van der Waals surface area contributed by atoms with Crippen molar-refractivity contribution in [1.29, 1.82) is 0 Å². The highest BCUT2D eigenvalue weighted by Gasteiger charge is 2.29. The minimum atomic E-state index is -1.17. The summed E-state index contributed by atoms with van der Waals surface area (Å²) in [7, 11) is 0. The Hall–Kier alpha value is -2.73. The van der Waals surface area contributed by atoms with Crippen molar-refractivity contribution in [2.24, 2.45) is 17.4 Å². The van der Waals surface area contributed by atoms with E-state index in [0.29, 0.717) is 25.8 Å². The first-order valence-corrected chi connectivity index (χ1v) is 10.3. The number of rotatable bonds is 16. The lowest BCUT2D eigenvalue weighted by Crippen LogP contribution is -2.55. The molecular formula is C19H35N5O7. The fourth-order valence-corrected chi connectivity index (χ4v) is 2.65. The molecule has 0 bridgehead atoms. The number of nitrogens with one attached hydrogen (secondary N) is 3. The molecule has 0 radical (unpaired) electrons. The van der Waals surface area contributed by atoms with E-state index in [4.69, 9.17) is 16.6 Å². The van der Waals surface area contributed by atoms with Crippen molar-refractivity contribution in [2.45, 2.75) is 70.5 Å². The number of carbonyl (C=O) groups excluding carboxylic acids is 3. The Labute approximate surface area is 181 Å². The van der Waals surface area contributed by atoms with Crippen LogP contribution in [0.2, 0.25) is 0 Å². The maximum Gasteiger partial charge on any atom is 0.326 e. The van der Waals surface area contributed by atoms with Crippen molar-refractivity contribution in [3.63, 3.8) is 0 Å². The molecule has 12 heteroatoms. The van der Waals surface area contributed by atoms with Crippen LogP contribution in [-0.4, -0.2) is 71.1 Å². The summed E-state index contributed by atoms with van der Waals surface area (Å²) in [5.41, 5.74) is 11.0. The van der Waals surface area contributed by atoms with Gasteiger partial charge in [-0.15, -0.1) is 0 Å². The van der Waals surface area contributed by atoms with Gasteiger partial charge >= 0.3 is 11.9 Å². The first-order chi connectivity index (χ1) is 14.5. The lowest BCUT2D eigenvalue weighted by atomic mass is 9.98. The predicted octanol–water partition coefficient (Wildman–Crippen LogP) is -1.48. The van der Waals surface area contributed by atoms with Crippen LogP contribution in [0, 0.1) is 5.92 Å². The molecule has 0 fully saturated rings. The van der Waals surface area contributed by atoms with Crippen LogP contribution in [0.1, 0.15) is 52.4 Å². The van der Waals surface area contributed by atoms with E-state index in [1.165, 1.54) is 0 Å². The third-order valence-corrected chi connectivity index (χ3v) is 4.80. The van der Waals surface area contributed by atoms with Crippen molar-refractivity contribution in [1.82, 2.24) is 16.0 Å². The number of unbranched alkanes of at least 4 members (excludes halogenated alkanes) is 1. The van der Waals surface area contributed by atoms with Gasteiger partial charge in [-0.1, -0.05) is 20.3 Å². The summed E-state index contributed by atoms with van der Waals surface area (Å²) in [6.45, 7) is 3.44. The summed E-state index contributed by atoms with van der Waals surface area (Å²) in [4.78, 5) is 58.7. The summed E-state index contributed by atoms with van der Waals surface area (Å²) < 4.78 is 0. The molecule has 178 valence electrons. The molecule has 0 rings (SSSR count). The summed E-state index contributed by atoms with van der Waals surface area (Å²) in [6, 6.07) is -3.18. The maximum atomic E-state index is 12.6. The van der Waals surface area contributed by atoms with Gasteiger partial charge in [0.15, 0.2) is 0 Å². The van der Waals surface area contributed by atoms with E-state index in [1.54, 1.807) is 13.8 Å². The summed E-state index contributed by atoms with van der Waals surface area (Å²) in [5, 5.41) is 25.2. The van der Waals surface area contributed by atoms with Crippen molar-refractivity contribution in [3.05, 3.63) is 0 Å². The SMILES string of the molecule is CCC(C)C(NC(=O)C(CCCCN)NC(=O)CNC(=O)C(N)CCC(=O)O)C(=O)O. The predicted molar refractivity (Wildman–Crippen MR) is 112 cm³/mol. The van der Waals surface area contributed by atoms with E-state index in [2.05, 4.69) is 16.0 Å². The van der Waals surface area contributed by atoms with Crippen molar-refractivity contribution in [3.8, 4) is 0 Å². The molecule has 0 saturated carbocycles. The Kier molecular flexibility index (Phi) is 13.8. The van der Waals surface area contributed by atoms with E-state index < -0.39 is 54.3 Å². The van der Waals surface area contributed by atoms with Crippen LogP contribution in [0.5, 0.6) is 0 Å². The molecule has 0 aliphatic heterocycles. The van der Waals surface area contributed by atoms with Crippen molar-refractivity contribution < 1.29 is 34.2 Å². The second-order valence-corrected chi connectivity index (χ2v) is 7.37. The molecule has 0 heterocycles. The van der Waals surface area contributed by atoms with Gasteiger partial charge in [0.1, 0.15) is 12.1 Å². The second-order valence-electron chi connectivity index (χ2n) is 7.37. The van der Waals surface area contributed by atoms with E-state index in [-0.39, 0.29) is 25.2 Å². The van der Waals surface area contributed by atoms with Gasteiger partial charge in [-0.25, -0.2) is 4.79 Å². The Morgan fingerprint density at radius 3 is 2.13 bits per heavy atom. The maximum absolute atomic E-state index is 12.6. The third kappa shape index (κ3) is 11.9. The molecule has 0 aromatic carbocycles. The Bertz CT molecular complexity index is 629. The Balaban J connectivity index is 4.91. The van der Waals surface area contributed by atoms with Gasteiger partial charge in [-0.2, -0.15) is 0 Å². The normalized spacial score (nSPS) is 14.6. The van der Waals surface area contributed by atoms with Gasteiger partial charge in [0.2, 0.25) is 17.7 Å². The van der Waals surface area contributed by atoms with Crippen LogP contribution in [0.25, 0.3) is 0 Å². The molecule has 12 nitrogen and oxygen atoms in total. The van der Waals surface area contributed by atoms with E-state index >= 15 is 0 Å². The van der Waals surface area contributed by atoms with Gasteiger partial charge in [0.05, 0.1) is 12.6 Å². The summed E-state index contributed by atoms with van der Waals surface area (Å²) in [6.07, 6.45) is 1.55. The van der Waals surface area contributed by atoms with Gasteiger partial charge in [0.25, 0.3) is 0 Å². The van der Waals surface area contributed by atoms with E-state index in [9.17, 15) is 29.1 Å².